The molecule has 27 heavy (non-hydrogen) atoms. The molecule has 144 valence electrons. The Morgan fingerprint density at radius 2 is 2.11 bits per heavy atom. The first kappa shape index (κ1) is 20.2. The van der Waals surface area contributed by atoms with Crippen LogP contribution >= 0.6 is 11.8 Å². The first-order valence-electron chi connectivity index (χ1n) is 7.61. The zero-order valence-corrected chi connectivity index (χ0v) is 15.3. The molecule has 2 rings (SSSR count). The first-order valence-corrected chi connectivity index (χ1v) is 8.49. The van der Waals surface area contributed by atoms with Gasteiger partial charge in [-0.1, -0.05) is 11.8 Å². The van der Waals surface area contributed by atoms with Gasteiger partial charge in [0.25, 0.3) is 0 Å². The van der Waals surface area contributed by atoms with Gasteiger partial charge in [-0.25, -0.2) is 4.79 Å². The molecule has 0 spiro atoms. The van der Waals surface area contributed by atoms with E-state index in [1.54, 1.807) is 18.2 Å². The molecule has 1 atom stereocenters. The molecule has 1 unspecified atom stereocenters. The van der Waals surface area contributed by atoms with Gasteiger partial charge < -0.3 is 24.6 Å². The topological polar surface area (TPSA) is 136 Å². The van der Waals surface area contributed by atoms with Gasteiger partial charge in [0.1, 0.15) is 5.25 Å². The Balaban J connectivity index is 2.01. The summed E-state index contributed by atoms with van der Waals surface area (Å²) in [6.07, 6.45) is 1.14. The van der Waals surface area contributed by atoms with Gasteiger partial charge in [0, 0.05) is 0 Å². The van der Waals surface area contributed by atoms with Crippen LogP contribution in [0.4, 0.5) is 0 Å². The predicted octanol–water partition coefficient (Wildman–Crippen LogP) is 0.643. The van der Waals surface area contributed by atoms with E-state index in [1.807, 2.05) is 0 Å². The monoisotopic (exact) mass is 395 g/mol. The van der Waals surface area contributed by atoms with Crippen LogP contribution in [-0.2, 0) is 19.1 Å². The maximum absolute atomic E-state index is 11.6. The quantitative estimate of drug-likeness (QED) is 0.372. The maximum Gasteiger partial charge on any atom is 0.343 e. The number of amides is 1. The van der Waals surface area contributed by atoms with Crippen LogP contribution in [0.3, 0.4) is 0 Å². The van der Waals surface area contributed by atoms with Crippen LogP contribution in [0.15, 0.2) is 28.4 Å². The lowest BCUT2D eigenvalue weighted by molar-refractivity contribution is -0.143. The average molecular weight is 395 g/mol. The highest BCUT2D eigenvalue weighted by Crippen LogP contribution is 2.27. The van der Waals surface area contributed by atoms with Crippen LogP contribution in [0.1, 0.15) is 12.0 Å². The zero-order valence-electron chi connectivity index (χ0n) is 14.5. The highest BCUT2D eigenvalue weighted by Gasteiger charge is 2.32. The van der Waals surface area contributed by atoms with E-state index in [4.69, 9.17) is 14.6 Å². The average Bonchev–Trinajstić information content (AvgIpc) is 2.98. The number of ether oxygens (including phenoxy) is 3. The fraction of sp³-hybridized carbons (Fsp3) is 0.312. The largest absolute Gasteiger partial charge is 0.493 e. The number of carboxylic acids is 1. The molecule has 1 aromatic rings. The summed E-state index contributed by atoms with van der Waals surface area (Å²) >= 11 is 1.01. The Hall–Kier alpha value is -3.08. The number of esters is 1. The molecule has 1 fully saturated rings. The number of benzene rings is 1. The number of rotatable bonds is 8. The van der Waals surface area contributed by atoms with E-state index in [-0.39, 0.29) is 18.2 Å². The van der Waals surface area contributed by atoms with E-state index in [1.165, 1.54) is 20.4 Å². The van der Waals surface area contributed by atoms with Crippen molar-refractivity contribution in [3.8, 4) is 11.5 Å². The maximum atomic E-state index is 11.6. The minimum Gasteiger partial charge on any atom is -0.493 e. The lowest BCUT2D eigenvalue weighted by Crippen LogP contribution is -2.26. The predicted molar refractivity (Wildman–Crippen MR) is 97.3 cm³/mol. The highest BCUT2D eigenvalue weighted by atomic mass is 32.2. The van der Waals surface area contributed by atoms with Crippen LogP contribution < -0.4 is 14.8 Å². The lowest BCUT2D eigenvalue weighted by atomic mass is 10.2. The third kappa shape index (κ3) is 5.99. The number of hydrogen-bond donors (Lipinski definition) is 2. The van der Waals surface area contributed by atoms with Gasteiger partial charge in [-0.3, -0.25) is 9.59 Å². The normalized spacial score (nSPS) is 17.8. The second kappa shape index (κ2) is 9.57. The van der Waals surface area contributed by atoms with Crippen molar-refractivity contribution in [2.24, 2.45) is 10.2 Å². The van der Waals surface area contributed by atoms with E-state index in [2.05, 4.69) is 20.3 Å². The van der Waals surface area contributed by atoms with Crippen molar-refractivity contribution >= 4 is 41.0 Å². The zero-order chi connectivity index (χ0) is 19.8. The van der Waals surface area contributed by atoms with E-state index in [0.717, 1.165) is 11.8 Å². The first-order chi connectivity index (χ1) is 12.9. The molecule has 10 nitrogen and oxygen atoms in total. The van der Waals surface area contributed by atoms with Crippen molar-refractivity contribution in [3.63, 3.8) is 0 Å². The molecule has 1 aliphatic heterocycles. The van der Waals surface area contributed by atoms with Gasteiger partial charge in [-0.2, -0.15) is 5.10 Å². The van der Waals surface area contributed by atoms with Crippen molar-refractivity contribution in [1.82, 2.24) is 5.32 Å². The van der Waals surface area contributed by atoms with Gasteiger partial charge in [-0.15, -0.1) is 5.10 Å². The van der Waals surface area contributed by atoms with Crippen molar-refractivity contribution in [2.45, 2.75) is 11.7 Å². The second-order valence-electron chi connectivity index (χ2n) is 5.12. The molecule has 1 amide bonds. The summed E-state index contributed by atoms with van der Waals surface area (Å²) in [6, 6.07) is 4.90. The van der Waals surface area contributed by atoms with E-state index in [9.17, 15) is 14.4 Å². The van der Waals surface area contributed by atoms with E-state index >= 15 is 0 Å². The molecule has 0 bridgehead atoms. The molecule has 1 heterocycles. The van der Waals surface area contributed by atoms with Crippen molar-refractivity contribution in [3.05, 3.63) is 23.8 Å². The molecule has 1 aromatic carbocycles. The van der Waals surface area contributed by atoms with Gasteiger partial charge in [0.15, 0.2) is 23.3 Å². The lowest BCUT2D eigenvalue weighted by Gasteiger charge is -2.10. The molecular weight excluding hydrogens is 378 g/mol. The molecule has 1 aliphatic rings. The van der Waals surface area contributed by atoms with Gasteiger partial charge in [-0.05, 0) is 23.8 Å². The van der Waals surface area contributed by atoms with Crippen molar-refractivity contribution in [1.29, 1.82) is 0 Å². The van der Waals surface area contributed by atoms with Crippen molar-refractivity contribution < 1.29 is 33.7 Å². The summed E-state index contributed by atoms with van der Waals surface area (Å²) in [5.74, 6) is -1.24. The Morgan fingerprint density at radius 1 is 1.33 bits per heavy atom. The summed E-state index contributed by atoms with van der Waals surface area (Å²) < 4.78 is 15.0. The highest BCUT2D eigenvalue weighted by molar-refractivity contribution is 8.15. The number of aliphatic carboxylic acids is 1. The summed E-state index contributed by atoms with van der Waals surface area (Å²) in [4.78, 5) is 33.4. The number of carbonyl (C=O) groups excluding carboxylic acids is 2. The molecule has 11 heteroatoms. The molecule has 0 aromatic heterocycles. The number of carbonyl (C=O) groups is 3. The number of amidine groups is 1. The summed E-state index contributed by atoms with van der Waals surface area (Å²) in [5, 5.41) is 18.5. The second-order valence-corrected chi connectivity index (χ2v) is 6.31. The molecule has 1 saturated heterocycles. The van der Waals surface area contributed by atoms with Crippen LogP contribution in [0, 0.1) is 0 Å². The number of carboxylic acid groups (broad SMARTS) is 1. The van der Waals surface area contributed by atoms with E-state index in [0.29, 0.717) is 17.1 Å². The Bertz CT molecular complexity index is 794. The van der Waals surface area contributed by atoms with E-state index < -0.39 is 23.1 Å². The summed E-state index contributed by atoms with van der Waals surface area (Å²) in [6.45, 7) is -0.248. The smallest absolute Gasteiger partial charge is 0.343 e. The van der Waals surface area contributed by atoms with Gasteiger partial charge >= 0.3 is 11.9 Å². The van der Waals surface area contributed by atoms with Crippen LogP contribution in [0.25, 0.3) is 0 Å². The van der Waals surface area contributed by atoms with Gasteiger partial charge in [0.2, 0.25) is 5.91 Å². The Kier molecular flexibility index (Phi) is 7.17. The third-order valence-electron chi connectivity index (χ3n) is 3.25. The van der Waals surface area contributed by atoms with Gasteiger partial charge in [0.05, 0.1) is 26.9 Å². The van der Waals surface area contributed by atoms with Crippen LogP contribution in [-0.4, -0.2) is 60.4 Å². The summed E-state index contributed by atoms with van der Waals surface area (Å²) in [7, 11) is 2.72. The number of thioether (sulfide) groups is 1. The molecule has 0 saturated carbocycles. The fourth-order valence-corrected chi connectivity index (χ4v) is 2.89. The Labute approximate surface area is 158 Å². The third-order valence-corrected chi connectivity index (χ3v) is 4.32. The molecular formula is C16H17N3O7S. The van der Waals surface area contributed by atoms with Crippen molar-refractivity contribution in [2.75, 3.05) is 20.8 Å². The minimum absolute atomic E-state index is 0.229. The van der Waals surface area contributed by atoms with Crippen LogP contribution in [0.5, 0.6) is 11.5 Å². The molecule has 0 radical (unpaired) electrons. The summed E-state index contributed by atoms with van der Waals surface area (Å²) in [5.41, 5.74) is 0.637. The number of methoxy groups -OCH3 is 2. The minimum atomic E-state index is -1.06. The Morgan fingerprint density at radius 3 is 2.78 bits per heavy atom. The number of nitrogens with one attached hydrogen (secondary N) is 1. The fourth-order valence-electron chi connectivity index (χ4n) is 1.97. The van der Waals surface area contributed by atoms with Crippen LogP contribution in [0.2, 0.25) is 0 Å². The molecule has 0 aliphatic carbocycles. The SMILES string of the molecule is COC(=O)COc1ccc(C=NN=C2NC(=O)C(CC(=O)O)S2)cc1OC. The number of nitrogens with zero attached hydrogens (tertiary/aromatic N) is 2. The number of hydrogen-bond acceptors (Lipinski definition) is 9. The standard InChI is InChI=1S/C16H17N3O7S/c1-24-11-5-9(3-4-10(11)26-8-14(22)25-2)7-17-19-16-18-15(23)12(27-16)6-13(20)21/h3-5,7,12H,6,8H2,1-2H3,(H,20,21)(H,18,19,23). The molecule has 2 N–H and O–H groups in total.